The molecule has 0 bridgehead atoms. The molecule has 3 aromatic rings. The number of carbonyl (C=O) groups is 2. The minimum Gasteiger partial charge on any atom is -0.476 e. The fraction of sp³-hybridized carbons (Fsp3) is 0.167. The Labute approximate surface area is 138 Å². The predicted molar refractivity (Wildman–Crippen MR) is 91.1 cm³/mol. The van der Waals surface area contributed by atoms with E-state index in [1.165, 1.54) is 4.90 Å². The fourth-order valence-electron chi connectivity index (χ4n) is 2.67. The molecule has 0 aliphatic heterocycles. The SMILES string of the molecule is CN(C)C(=O)c1ccc(-c2ccc3c(c2)c(C(=O)O)nn3C)cc1. The number of hydrogen-bond donors (Lipinski definition) is 1. The van der Waals surface area contributed by atoms with Gasteiger partial charge in [-0.15, -0.1) is 0 Å². The van der Waals surface area contributed by atoms with E-state index in [0.717, 1.165) is 16.6 Å². The van der Waals surface area contributed by atoms with E-state index in [2.05, 4.69) is 5.10 Å². The van der Waals surface area contributed by atoms with E-state index in [1.807, 2.05) is 30.3 Å². The van der Waals surface area contributed by atoms with Crippen LogP contribution in [0.1, 0.15) is 20.8 Å². The first kappa shape index (κ1) is 15.7. The van der Waals surface area contributed by atoms with Gasteiger partial charge in [0.1, 0.15) is 0 Å². The third-order valence-corrected chi connectivity index (χ3v) is 3.92. The maximum absolute atomic E-state index is 11.9. The molecule has 1 N–H and O–H groups in total. The lowest BCUT2D eigenvalue weighted by atomic mass is 10.0. The van der Waals surface area contributed by atoms with Crippen LogP contribution in [0.3, 0.4) is 0 Å². The monoisotopic (exact) mass is 323 g/mol. The van der Waals surface area contributed by atoms with Crippen molar-refractivity contribution in [3.8, 4) is 11.1 Å². The molecule has 1 aromatic heterocycles. The van der Waals surface area contributed by atoms with Crippen LogP contribution >= 0.6 is 0 Å². The van der Waals surface area contributed by atoms with Crippen LogP contribution < -0.4 is 0 Å². The van der Waals surface area contributed by atoms with Gasteiger partial charge < -0.3 is 10.0 Å². The van der Waals surface area contributed by atoms with E-state index in [-0.39, 0.29) is 11.6 Å². The summed E-state index contributed by atoms with van der Waals surface area (Å²) in [5.41, 5.74) is 3.19. The Bertz CT molecular complexity index is 940. The molecule has 0 atom stereocenters. The Hall–Kier alpha value is -3.15. The van der Waals surface area contributed by atoms with Crippen LogP contribution in [0.2, 0.25) is 0 Å². The van der Waals surface area contributed by atoms with Crippen molar-refractivity contribution in [2.75, 3.05) is 14.1 Å². The van der Waals surface area contributed by atoms with Crippen LogP contribution in [0.25, 0.3) is 22.0 Å². The Morgan fingerprint density at radius 1 is 1.04 bits per heavy atom. The van der Waals surface area contributed by atoms with E-state index in [0.29, 0.717) is 10.9 Å². The maximum Gasteiger partial charge on any atom is 0.357 e. The van der Waals surface area contributed by atoms with Gasteiger partial charge in [0, 0.05) is 32.1 Å². The minimum atomic E-state index is -1.05. The molecule has 0 aliphatic carbocycles. The lowest BCUT2D eigenvalue weighted by molar-refractivity contribution is 0.0691. The van der Waals surface area contributed by atoms with Crippen molar-refractivity contribution in [2.24, 2.45) is 7.05 Å². The highest BCUT2D eigenvalue weighted by Gasteiger charge is 2.16. The summed E-state index contributed by atoms with van der Waals surface area (Å²) in [5, 5.41) is 13.9. The fourth-order valence-corrected chi connectivity index (χ4v) is 2.67. The van der Waals surface area contributed by atoms with Crippen LogP contribution in [0.5, 0.6) is 0 Å². The average molecular weight is 323 g/mol. The summed E-state index contributed by atoms with van der Waals surface area (Å²) < 4.78 is 1.56. The molecule has 2 aromatic carbocycles. The van der Waals surface area contributed by atoms with Crippen LogP contribution in [0.4, 0.5) is 0 Å². The number of aryl methyl sites for hydroxylation is 1. The number of hydrogen-bond acceptors (Lipinski definition) is 3. The Morgan fingerprint density at radius 2 is 1.67 bits per heavy atom. The molecule has 122 valence electrons. The van der Waals surface area contributed by atoms with Crippen molar-refractivity contribution in [3.05, 3.63) is 53.7 Å². The Kier molecular flexibility index (Phi) is 3.81. The van der Waals surface area contributed by atoms with E-state index in [1.54, 1.807) is 38.0 Å². The van der Waals surface area contributed by atoms with E-state index in [4.69, 9.17) is 0 Å². The van der Waals surface area contributed by atoms with Gasteiger partial charge in [0.2, 0.25) is 0 Å². The number of aromatic nitrogens is 2. The van der Waals surface area contributed by atoms with Gasteiger partial charge in [-0.2, -0.15) is 5.10 Å². The zero-order valence-electron chi connectivity index (χ0n) is 13.6. The molecule has 0 fully saturated rings. The summed E-state index contributed by atoms with van der Waals surface area (Å²) in [5.74, 6) is -1.11. The number of amides is 1. The molecule has 6 heteroatoms. The number of carboxylic acid groups (broad SMARTS) is 1. The van der Waals surface area contributed by atoms with Crippen molar-refractivity contribution >= 4 is 22.8 Å². The molecule has 0 unspecified atom stereocenters. The van der Waals surface area contributed by atoms with Crippen molar-refractivity contribution in [3.63, 3.8) is 0 Å². The molecule has 0 radical (unpaired) electrons. The van der Waals surface area contributed by atoms with Crippen molar-refractivity contribution in [1.82, 2.24) is 14.7 Å². The zero-order valence-corrected chi connectivity index (χ0v) is 13.6. The zero-order chi connectivity index (χ0) is 17.4. The molecule has 3 rings (SSSR count). The molecule has 0 saturated carbocycles. The first-order valence-corrected chi connectivity index (χ1v) is 7.40. The molecule has 6 nitrogen and oxygen atoms in total. The molecular formula is C18H17N3O3. The highest BCUT2D eigenvalue weighted by molar-refractivity contribution is 6.02. The van der Waals surface area contributed by atoms with Gasteiger partial charge in [-0.1, -0.05) is 18.2 Å². The van der Waals surface area contributed by atoms with Gasteiger partial charge in [-0.05, 0) is 35.4 Å². The van der Waals surface area contributed by atoms with Crippen LogP contribution in [-0.4, -0.2) is 45.8 Å². The molecular weight excluding hydrogens is 306 g/mol. The van der Waals surface area contributed by atoms with E-state index >= 15 is 0 Å². The van der Waals surface area contributed by atoms with Gasteiger partial charge in [0.25, 0.3) is 5.91 Å². The quantitative estimate of drug-likeness (QED) is 0.804. The van der Waals surface area contributed by atoms with Crippen molar-refractivity contribution in [1.29, 1.82) is 0 Å². The molecule has 1 amide bonds. The summed E-state index contributed by atoms with van der Waals surface area (Å²) in [7, 11) is 5.14. The number of nitrogens with zero attached hydrogens (tertiary/aromatic N) is 3. The second kappa shape index (κ2) is 5.81. The first-order chi connectivity index (χ1) is 11.4. The van der Waals surface area contributed by atoms with Crippen LogP contribution in [0, 0.1) is 0 Å². The van der Waals surface area contributed by atoms with Gasteiger partial charge in [0.05, 0.1) is 5.52 Å². The number of carboxylic acids is 1. The third-order valence-electron chi connectivity index (χ3n) is 3.92. The number of rotatable bonds is 3. The lowest BCUT2D eigenvalue weighted by Crippen LogP contribution is -2.21. The summed E-state index contributed by atoms with van der Waals surface area (Å²) >= 11 is 0. The van der Waals surface area contributed by atoms with Crippen LogP contribution in [0.15, 0.2) is 42.5 Å². The van der Waals surface area contributed by atoms with Crippen molar-refractivity contribution < 1.29 is 14.7 Å². The summed E-state index contributed by atoms with van der Waals surface area (Å²) in [6.45, 7) is 0. The largest absolute Gasteiger partial charge is 0.476 e. The molecule has 0 spiro atoms. The van der Waals surface area contributed by atoms with Gasteiger partial charge >= 0.3 is 5.97 Å². The van der Waals surface area contributed by atoms with Gasteiger partial charge in [0.15, 0.2) is 5.69 Å². The van der Waals surface area contributed by atoms with Crippen molar-refractivity contribution in [2.45, 2.75) is 0 Å². The molecule has 0 saturated heterocycles. The highest BCUT2D eigenvalue weighted by atomic mass is 16.4. The Morgan fingerprint density at radius 3 is 2.25 bits per heavy atom. The number of aromatic carboxylic acids is 1. The number of benzene rings is 2. The average Bonchev–Trinajstić information content (AvgIpc) is 2.91. The second-order valence-electron chi connectivity index (χ2n) is 5.79. The van der Waals surface area contributed by atoms with Gasteiger partial charge in [-0.3, -0.25) is 9.48 Å². The maximum atomic E-state index is 11.9. The number of carbonyl (C=O) groups excluding carboxylic acids is 1. The summed E-state index contributed by atoms with van der Waals surface area (Å²) in [6.07, 6.45) is 0. The normalized spacial score (nSPS) is 10.8. The first-order valence-electron chi connectivity index (χ1n) is 7.40. The summed E-state index contributed by atoms with van der Waals surface area (Å²) in [6, 6.07) is 12.8. The second-order valence-corrected chi connectivity index (χ2v) is 5.79. The minimum absolute atomic E-state index is 0.0359. The predicted octanol–water partition coefficient (Wildman–Crippen LogP) is 2.64. The standard InChI is InChI=1S/C18H17N3O3/c1-20(2)17(22)12-6-4-11(5-7-12)13-8-9-15-14(10-13)16(18(23)24)19-21(15)3/h4-10H,1-3H3,(H,23,24). The third kappa shape index (κ3) is 2.62. The van der Waals surface area contributed by atoms with E-state index in [9.17, 15) is 14.7 Å². The van der Waals surface area contributed by atoms with E-state index < -0.39 is 5.97 Å². The lowest BCUT2D eigenvalue weighted by Gasteiger charge is -2.10. The molecule has 0 aliphatic rings. The Balaban J connectivity index is 2.05. The molecule has 24 heavy (non-hydrogen) atoms. The van der Waals surface area contributed by atoms with Crippen LogP contribution in [-0.2, 0) is 7.05 Å². The number of fused-ring (bicyclic) bond motifs is 1. The highest BCUT2D eigenvalue weighted by Crippen LogP contribution is 2.26. The summed E-state index contributed by atoms with van der Waals surface area (Å²) in [4.78, 5) is 24.8. The molecule has 1 heterocycles. The topological polar surface area (TPSA) is 75.4 Å². The van der Waals surface area contributed by atoms with Gasteiger partial charge in [-0.25, -0.2) is 4.79 Å². The smallest absolute Gasteiger partial charge is 0.357 e.